The second-order valence-corrected chi connectivity index (χ2v) is 7.94. The van der Waals surface area contributed by atoms with E-state index in [4.69, 9.17) is 9.47 Å². The van der Waals surface area contributed by atoms with Crippen molar-refractivity contribution >= 4 is 23.6 Å². The molecule has 0 spiro atoms. The van der Waals surface area contributed by atoms with Crippen LogP contribution in [0.15, 0.2) is 48.5 Å². The van der Waals surface area contributed by atoms with Gasteiger partial charge in [0.05, 0.1) is 5.69 Å². The molecule has 0 fully saturated rings. The minimum atomic E-state index is -0.706. The maximum Gasteiger partial charge on any atom is 0.426 e. The number of anilines is 2. The van der Waals surface area contributed by atoms with Crippen LogP contribution in [0, 0.1) is 0 Å². The van der Waals surface area contributed by atoms with Crippen LogP contribution in [0.1, 0.15) is 40.2 Å². The fraction of sp³-hybridized carbons (Fsp3) is 0.364. The van der Waals surface area contributed by atoms with E-state index in [0.717, 1.165) is 5.56 Å². The third-order valence-corrected chi connectivity index (χ3v) is 3.85. The Morgan fingerprint density at radius 2 is 1.70 bits per heavy atom. The highest BCUT2D eigenvalue weighted by molar-refractivity contribution is 5.89. The monoisotopic (exact) mass is 415 g/mol. The van der Waals surface area contributed by atoms with Crippen molar-refractivity contribution < 1.29 is 24.2 Å². The molecule has 0 aliphatic carbocycles. The zero-order valence-corrected chi connectivity index (χ0v) is 17.9. The predicted molar refractivity (Wildman–Crippen MR) is 115 cm³/mol. The molecule has 0 bridgehead atoms. The minimum absolute atomic E-state index is 0.103. The number of ether oxygens (including phenoxy) is 2. The molecule has 162 valence electrons. The third kappa shape index (κ3) is 6.88. The molecule has 0 heterocycles. The van der Waals surface area contributed by atoms with Crippen LogP contribution in [0.4, 0.5) is 21.0 Å². The third-order valence-electron chi connectivity index (χ3n) is 3.85. The molecule has 3 N–H and O–H groups in total. The lowest BCUT2D eigenvalue weighted by Crippen LogP contribution is -2.48. The summed E-state index contributed by atoms with van der Waals surface area (Å²) in [6.45, 7) is 9.06. The zero-order valence-electron chi connectivity index (χ0n) is 17.9. The highest BCUT2D eigenvalue weighted by Gasteiger charge is 2.23. The number of phenolic OH excluding ortho intramolecular Hbond substituents is 1. The Labute approximate surface area is 176 Å². The number of hydrazine groups is 1. The first kappa shape index (κ1) is 22.9. The molecule has 0 saturated carbocycles. The number of para-hydroxylation sites is 1. The van der Waals surface area contributed by atoms with E-state index in [1.807, 2.05) is 44.2 Å². The van der Waals surface area contributed by atoms with Crippen LogP contribution in [0.3, 0.4) is 0 Å². The summed E-state index contributed by atoms with van der Waals surface area (Å²) in [5, 5.41) is 14.7. The molecule has 0 aliphatic heterocycles. The Balaban J connectivity index is 2.11. The summed E-state index contributed by atoms with van der Waals surface area (Å²) in [5.74, 6) is -0.209. The Hall–Kier alpha value is -3.42. The highest BCUT2D eigenvalue weighted by Crippen LogP contribution is 2.35. The van der Waals surface area contributed by atoms with E-state index in [1.165, 1.54) is 11.1 Å². The van der Waals surface area contributed by atoms with Gasteiger partial charge in [-0.1, -0.05) is 36.4 Å². The molecule has 0 radical (unpaired) electrons. The number of carbonyl (C=O) groups is 2. The predicted octanol–water partition coefficient (Wildman–Crippen LogP) is 4.80. The normalized spacial score (nSPS) is 11.0. The summed E-state index contributed by atoms with van der Waals surface area (Å²) < 4.78 is 10.5. The van der Waals surface area contributed by atoms with E-state index in [0.29, 0.717) is 5.69 Å². The molecule has 2 aromatic carbocycles. The van der Waals surface area contributed by atoms with Crippen LogP contribution in [0.25, 0.3) is 0 Å². The summed E-state index contributed by atoms with van der Waals surface area (Å²) in [6, 6.07) is 13.9. The molecule has 0 aliphatic rings. The lowest BCUT2D eigenvalue weighted by atomic mass is 10.2. The first-order chi connectivity index (χ1) is 14.1. The van der Waals surface area contributed by atoms with Gasteiger partial charge >= 0.3 is 12.2 Å². The standard InChI is InChI=1S/C22H29N3O5/c1-15(2)25(24-21(28)30-22(3,4)5)18-13-9-12-17(19(18)26)23-20(27)29-14-16-10-7-6-8-11-16/h6-13,15,26H,14H2,1-5H3,(H,23,27)(H,24,28). The number of nitrogens with zero attached hydrogens (tertiary/aromatic N) is 1. The van der Waals surface area contributed by atoms with Gasteiger partial charge in [0.15, 0.2) is 5.75 Å². The van der Waals surface area contributed by atoms with Gasteiger partial charge < -0.3 is 14.6 Å². The molecule has 30 heavy (non-hydrogen) atoms. The van der Waals surface area contributed by atoms with E-state index in [2.05, 4.69) is 10.7 Å². The molecule has 2 aromatic rings. The van der Waals surface area contributed by atoms with Gasteiger partial charge in [0, 0.05) is 6.04 Å². The molecular weight excluding hydrogens is 386 g/mol. The van der Waals surface area contributed by atoms with Crippen molar-refractivity contribution in [3.63, 3.8) is 0 Å². The largest absolute Gasteiger partial charge is 0.504 e. The number of nitrogens with one attached hydrogen (secondary N) is 2. The van der Waals surface area contributed by atoms with Gasteiger partial charge in [-0.05, 0) is 52.3 Å². The fourth-order valence-corrected chi connectivity index (χ4v) is 2.56. The van der Waals surface area contributed by atoms with Crippen LogP contribution in [-0.4, -0.2) is 28.9 Å². The average Bonchev–Trinajstić information content (AvgIpc) is 2.66. The number of rotatable bonds is 6. The fourth-order valence-electron chi connectivity index (χ4n) is 2.56. The Bertz CT molecular complexity index is 863. The van der Waals surface area contributed by atoms with Crippen molar-refractivity contribution in [3.8, 4) is 5.75 Å². The topological polar surface area (TPSA) is 100 Å². The van der Waals surface area contributed by atoms with Gasteiger partial charge in [0.1, 0.15) is 17.9 Å². The van der Waals surface area contributed by atoms with E-state index >= 15 is 0 Å². The molecule has 0 aromatic heterocycles. The number of amides is 2. The molecular formula is C22H29N3O5. The molecule has 8 heteroatoms. The lowest BCUT2D eigenvalue weighted by Gasteiger charge is -2.31. The first-order valence-corrected chi connectivity index (χ1v) is 9.65. The second-order valence-electron chi connectivity index (χ2n) is 7.94. The number of phenols is 1. The maximum absolute atomic E-state index is 12.2. The van der Waals surface area contributed by atoms with Gasteiger partial charge in [0.25, 0.3) is 0 Å². The highest BCUT2D eigenvalue weighted by atomic mass is 16.6. The number of carbonyl (C=O) groups excluding carboxylic acids is 2. The van der Waals surface area contributed by atoms with E-state index < -0.39 is 17.8 Å². The van der Waals surface area contributed by atoms with E-state index in [-0.39, 0.29) is 24.1 Å². The van der Waals surface area contributed by atoms with Crippen LogP contribution in [0.5, 0.6) is 5.75 Å². The Kier molecular flexibility index (Phi) is 7.52. The van der Waals surface area contributed by atoms with Crippen LogP contribution in [-0.2, 0) is 16.1 Å². The van der Waals surface area contributed by atoms with Crippen molar-refractivity contribution in [2.75, 3.05) is 10.3 Å². The second kappa shape index (κ2) is 9.87. The SMILES string of the molecule is CC(C)N(NC(=O)OC(C)(C)C)c1cccc(NC(=O)OCc2ccccc2)c1O. The van der Waals surface area contributed by atoms with Crippen LogP contribution < -0.4 is 15.8 Å². The summed E-state index contributed by atoms with van der Waals surface area (Å²) in [6.07, 6.45) is -1.36. The van der Waals surface area contributed by atoms with E-state index in [9.17, 15) is 14.7 Å². The average molecular weight is 415 g/mol. The quantitative estimate of drug-likeness (QED) is 0.463. The first-order valence-electron chi connectivity index (χ1n) is 9.65. The summed E-state index contributed by atoms with van der Waals surface area (Å²) >= 11 is 0. The van der Waals surface area contributed by atoms with Crippen LogP contribution in [0.2, 0.25) is 0 Å². The molecule has 0 atom stereocenters. The van der Waals surface area contributed by atoms with Crippen LogP contribution >= 0.6 is 0 Å². The van der Waals surface area contributed by atoms with Gasteiger partial charge in [-0.2, -0.15) is 0 Å². The number of benzene rings is 2. The van der Waals surface area contributed by atoms with Crippen molar-refractivity contribution in [3.05, 3.63) is 54.1 Å². The summed E-state index contributed by atoms with van der Waals surface area (Å²) in [4.78, 5) is 24.3. The van der Waals surface area contributed by atoms with Crippen molar-refractivity contribution in [1.29, 1.82) is 0 Å². The smallest absolute Gasteiger partial charge is 0.426 e. The zero-order chi connectivity index (χ0) is 22.3. The van der Waals surface area contributed by atoms with Crippen molar-refractivity contribution in [1.82, 2.24) is 5.43 Å². The minimum Gasteiger partial charge on any atom is -0.504 e. The van der Waals surface area contributed by atoms with Crippen molar-refractivity contribution in [2.45, 2.75) is 52.9 Å². The summed E-state index contributed by atoms with van der Waals surface area (Å²) in [5.41, 5.74) is 3.26. The van der Waals surface area contributed by atoms with Gasteiger partial charge in [-0.3, -0.25) is 10.3 Å². The maximum atomic E-state index is 12.2. The molecule has 2 amide bonds. The molecule has 0 saturated heterocycles. The Morgan fingerprint density at radius 1 is 1.03 bits per heavy atom. The Morgan fingerprint density at radius 3 is 2.30 bits per heavy atom. The molecule has 2 rings (SSSR count). The number of hydrogen-bond donors (Lipinski definition) is 3. The lowest BCUT2D eigenvalue weighted by molar-refractivity contribution is 0.0516. The number of hydrogen-bond acceptors (Lipinski definition) is 6. The van der Waals surface area contributed by atoms with E-state index in [1.54, 1.807) is 32.9 Å². The summed E-state index contributed by atoms with van der Waals surface area (Å²) in [7, 11) is 0. The van der Waals surface area contributed by atoms with Gasteiger partial charge in [-0.25, -0.2) is 15.0 Å². The van der Waals surface area contributed by atoms with Gasteiger partial charge in [-0.15, -0.1) is 0 Å². The number of aromatic hydroxyl groups is 1. The molecule has 0 unspecified atom stereocenters. The van der Waals surface area contributed by atoms with Crippen molar-refractivity contribution in [2.24, 2.45) is 0 Å². The van der Waals surface area contributed by atoms with Gasteiger partial charge in [0.2, 0.25) is 0 Å². The molecule has 8 nitrogen and oxygen atoms in total.